The van der Waals surface area contributed by atoms with Crippen molar-refractivity contribution < 1.29 is 14.6 Å². The van der Waals surface area contributed by atoms with Gasteiger partial charge in [0.15, 0.2) is 0 Å². The lowest BCUT2D eigenvalue weighted by molar-refractivity contribution is 0.0701. The Kier molecular flexibility index (Phi) is 5.61. The van der Waals surface area contributed by atoms with Crippen LogP contribution in [0, 0.1) is 0 Å². The predicted octanol–water partition coefficient (Wildman–Crippen LogP) is 7.43. The molecule has 158 valence electrons. The van der Waals surface area contributed by atoms with Crippen molar-refractivity contribution >= 4 is 38.2 Å². The average molecular weight is 439 g/mol. The van der Waals surface area contributed by atoms with Gasteiger partial charge in [-0.1, -0.05) is 78.9 Å². The Labute approximate surface area is 190 Å². The number of benzene rings is 4. The van der Waals surface area contributed by atoms with Crippen LogP contribution in [0.15, 0.2) is 91.0 Å². The van der Waals surface area contributed by atoms with Crippen LogP contribution in [0.25, 0.3) is 32.0 Å². The molecule has 4 heteroatoms. The average Bonchev–Trinajstić information content (AvgIpc) is 3.20. The fourth-order valence-electron chi connectivity index (χ4n) is 4.13. The van der Waals surface area contributed by atoms with Crippen LogP contribution in [0.1, 0.15) is 21.7 Å². The summed E-state index contributed by atoms with van der Waals surface area (Å²) >= 11 is 1.36. The number of rotatable bonds is 7. The maximum absolute atomic E-state index is 11.9. The smallest absolute Gasteiger partial charge is 0.346 e. The van der Waals surface area contributed by atoms with Crippen LogP contribution in [0.2, 0.25) is 0 Å². The first kappa shape index (κ1) is 20.3. The summed E-state index contributed by atoms with van der Waals surface area (Å²) < 4.78 is 7.07. The van der Waals surface area contributed by atoms with Crippen molar-refractivity contribution in [2.24, 2.45) is 0 Å². The minimum Gasteiger partial charge on any atom is -0.493 e. The minimum atomic E-state index is -0.863. The highest BCUT2D eigenvalue weighted by Gasteiger charge is 2.18. The number of thiophene rings is 1. The second kappa shape index (κ2) is 8.85. The largest absolute Gasteiger partial charge is 0.493 e. The molecule has 0 fully saturated rings. The van der Waals surface area contributed by atoms with Crippen LogP contribution in [-0.4, -0.2) is 17.7 Å². The van der Waals surface area contributed by atoms with Crippen LogP contribution < -0.4 is 4.74 Å². The zero-order chi connectivity index (χ0) is 21.9. The van der Waals surface area contributed by atoms with Crippen LogP contribution in [0.4, 0.5) is 0 Å². The molecule has 32 heavy (non-hydrogen) atoms. The van der Waals surface area contributed by atoms with Gasteiger partial charge in [0.05, 0.1) is 6.61 Å². The molecule has 0 spiro atoms. The summed E-state index contributed by atoms with van der Waals surface area (Å²) in [5.74, 6) is 0.00155. The predicted molar refractivity (Wildman–Crippen MR) is 132 cm³/mol. The number of ether oxygens (including phenoxy) is 1. The third kappa shape index (κ3) is 3.97. The van der Waals surface area contributed by atoms with Gasteiger partial charge in [0, 0.05) is 10.1 Å². The molecule has 0 unspecified atom stereocenters. The Morgan fingerprint density at radius 3 is 2.44 bits per heavy atom. The lowest BCUT2D eigenvalue weighted by Crippen LogP contribution is -2.03. The van der Waals surface area contributed by atoms with E-state index >= 15 is 0 Å². The van der Waals surface area contributed by atoms with Crippen molar-refractivity contribution in [1.29, 1.82) is 0 Å². The Balaban J connectivity index is 1.36. The Bertz CT molecular complexity index is 1400. The number of fused-ring (bicyclic) bond motifs is 2. The first-order chi connectivity index (χ1) is 15.7. The molecule has 0 saturated heterocycles. The molecule has 5 rings (SSSR count). The van der Waals surface area contributed by atoms with E-state index in [0.29, 0.717) is 17.9 Å². The SMILES string of the molecule is O=C(O)c1sc2cc(-c3ccccc3)ccc2c1CCCOc1cccc2ccccc12. The molecule has 0 aliphatic heterocycles. The van der Waals surface area contributed by atoms with Gasteiger partial charge in [0.25, 0.3) is 0 Å². The van der Waals surface area contributed by atoms with Gasteiger partial charge in [-0.05, 0) is 52.4 Å². The second-order valence-electron chi connectivity index (χ2n) is 7.72. The molecular formula is C28H22O3S. The number of carbonyl (C=O) groups is 1. The van der Waals surface area contributed by atoms with Crippen molar-refractivity contribution in [2.45, 2.75) is 12.8 Å². The van der Waals surface area contributed by atoms with Crippen LogP contribution in [0.5, 0.6) is 5.75 Å². The van der Waals surface area contributed by atoms with E-state index in [1.165, 1.54) is 11.3 Å². The van der Waals surface area contributed by atoms with Crippen LogP contribution >= 0.6 is 11.3 Å². The quantitative estimate of drug-likeness (QED) is 0.269. The summed E-state index contributed by atoms with van der Waals surface area (Å²) in [6.45, 7) is 0.534. The Morgan fingerprint density at radius 1 is 0.812 bits per heavy atom. The molecular weight excluding hydrogens is 416 g/mol. The van der Waals surface area contributed by atoms with Crippen molar-refractivity contribution in [2.75, 3.05) is 6.61 Å². The monoisotopic (exact) mass is 438 g/mol. The third-order valence-corrected chi connectivity index (χ3v) is 6.86. The molecule has 1 aromatic heterocycles. The van der Waals surface area contributed by atoms with Gasteiger partial charge in [-0.15, -0.1) is 11.3 Å². The zero-order valence-corrected chi connectivity index (χ0v) is 18.3. The highest BCUT2D eigenvalue weighted by molar-refractivity contribution is 7.21. The number of carboxylic acids is 1. The summed E-state index contributed by atoms with van der Waals surface area (Å²) in [4.78, 5) is 12.4. The number of aromatic carboxylic acids is 1. The van der Waals surface area contributed by atoms with Crippen molar-refractivity contribution in [3.05, 3.63) is 101 Å². The van der Waals surface area contributed by atoms with E-state index in [-0.39, 0.29) is 0 Å². The lowest BCUT2D eigenvalue weighted by atomic mass is 10.0. The summed E-state index contributed by atoms with van der Waals surface area (Å²) in [6, 6.07) is 30.6. The van der Waals surface area contributed by atoms with Crippen molar-refractivity contribution in [1.82, 2.24) is 0 Å². The molecule has 0 aliphatic carbocycles. The molecule has 0 atom stereocenters. The number of aryl methyl sites for hydroxylation is 1. The van der Waals surface area contributed by atoms with Gasteiger partial charge in [-0.3, -0.25) is 0 Å². The van der Waals surface area contributed by atoms with Crippen molar-refractivity contribution in [3.8, 4) is 16.9 Å². The number of hydrogen-bond donors (Lipinski definition) is 1. The van der Waals surface area contributed by atoms with E-state index in [4.69, 9.17) is 4.74 Å². The van der Waals surface area contributed by atoms with Gasteiger partial charge in [0.2, 0.25) is 0 Å². The molecule has 3 nitrogen and oxygen atoms in total. The van der Waals surface area contributed by atoms with Crippen molar-refractivity contribution in [3.63, 3.8) is 0 Å². The molecule has 1 heterocycles. The summed E-state index contributed by atoms with van der Waals surface area (Å²) in [7, 11) is 0. The highest BCUT2D eigenvalue weighted by Crippen LogP contribution is 2.35. The second-order valence-corrected chi connectivity index (χ2v) is 8.77. The zero-order valence-electron chi connectivity index (χ0n) is 17.5. The molecule has 0 saturated carbocycles. The summed E-state index contributed by atoms with van der Waals surface area (Å²) in [6.07, 6.45) is 1.41. The first-order valence-corrected chi connectivity index (χ1v) is 11.5. The third-order valence-electron chi connectivity index (χ3n) is 5.67. The van der Waals surface area contributed by atoms with E-state index < -0.39 is 5.97 Å². The Morgan fingerprint density at radius 2 is 1.59 bits per heavy atom. The molecule has 4 aromatic carbocycles. The molecule has 5 aromatic rings. The van der Waals surface area contributed by atoms with Gasteiger partial charge >= 0.3 is 5.97 Å². The maximum Gasteiger partial charge on any atom is 0.346 e. The molecule has 0 amide bonds. The number of carboxylic acid groups (broad SMARTS) is 1. The van der Waals surface area contributed by atoms with E-state index in [0.717, 1.165) is 49.7 Å². The summed E-state index contributed by atoms with van der Waals surface area (Å²) in [5, 5.41) is 13.1. The molecule has 0 bridgehead atoms. The summed E-state index contributed by atoms with van der Waals surface area (Å²) in [5.41, 5.74) is 3.13. The van der Waals surface area contributed by atoms with Gasteiger partial charge in [-0.2, -0.15) is 0 Å². The minimum absolute atomic E-state index is 0.426. The maximum atomic E-state index is 11.9. The topological polar surface area (TPSA) is 46.5 Å². The van der Waals surface area contributed by atoms with Gasteiger partial charge in [0.1, 0.15) is 10.6 Å². The standard InChI is InChI=1S/C28H22O3S/c29-28(30)27-24(13-7-17-31-25-14-6-11-20-10-4-5-12-22(20)25)23-16-15-21(18-26(23)32-27)19-8-2-1-3-9-19/h1-6,8-12,14-16,18H,7,13,17H2,(H,29,30). The molecule has 0 radical (unpaired) electrons. The molecule has 0 aliphatic rings. The van der Waals surface area contributed by atoms with Crippen LogP contribution in [0.3, 0.4) is 0 Å². The fourth-order valence-corrected chi connectivity index (χ4v) is 5.26. The van der Waals surface area contributed by atoms with E-state index in [2.05, 4.69) is 48.5 Å². The van der Waals surface area contributed by atoms with Gasteiger partial charge in [-0.25, -0.2) is 4.79 Å². The van der Waals surface area contributed by atoms with E-state index in [9.17, 15) is 9.90 Å². The highest BCUT2D eigenvalue weighted by atomic mass is 32.1. The number of hydrogen-bond acceptors (Lipinski definition) is 3. The van der Waals surface area contributed by atoms with Crippen LogP contribution in [-0.2, 0) is 6.42 Å². The first-order valence-electron chi connectivity index (χ1n) is 10.7. The Hall–Kier alpha value is -3.63. The molecule has 1 N–H and O–H groups in total. The lowest BCUT2D eigenvalue weighted by Gasteiger charge is -2.09. The van der Waals surface area contributed by atoms with E-state index in [1.807, 2.05) is 42.5 Å². The van der Waals surface area contributed by atoms with Gasteiger partial charge < -0.3 is 9.84 Å². The fraction of sp³-hybridized carbons (Fsp3) is 0.107. The van der Waals surface area contributed by atoms with E-state index in [1.54, 1.807) is 0 Å². The normalized spacial score (nSPS) is 11.1.